The summed E-state index contributed by atoms with van der Waals surface area (Å²) in [5.41, 5.74) is 2.39. The molecule has 112 valence electrons. The molecule has 3 aliphatic rings. The van der Waals surface area contributed by atoms with Gasteiger partial charge in [-0.25, -0.2) is 4.98 Å². The van der Waals surface area contributed by atoms with Gasteiger partial charge in [0.1, 0.15) is 5.69 Å². The highest BCUT2D eigenvalue weighted by molar-refractivity contribution is 8.00. The highest BCUT2D eigenvalue weighted by atomic mass is 32.2. The molecule has 0 aromatic carbocycles. The van der Waals surface area contributed by atoms with Crippen LogP contribution in [0.3, 0.4) is 0 Å². The van der Waals surface area contributed by atoms with Crippen molar-refractivity contribution in [1.29, 1.82) is 0 Å². The van der Waals surface area contributed by atoms with Gasteiger partial charge in [-0.2, -0.15) is 0 Å². The molecule has 2 aliphatic carbocycles. The van der Waals surface area contributed by atoms with Gasteiger partial charge < -0.3 is 4.90 Å². The fourth-order valence-corrected chi connectivity index (χ4v) is 4.34. The van der Waals surface area contributed by atoms with Crippen LogP contribution >= 0.6 is 11.8 Å². The SMILES string of the molecule is CC(=O)c1ncc(SC2CC2)cc1N1CCC2(CC1)CC2. The van der Waals surface area contributed by atoms with Crippen molar-refractivity contribution in [2.24, 2.45) is 5.41 Å². The molecule has 1 aromatic heterocycles. The van der Waals surface area contributed by atoms with Gasteiger partial charge in [0.15, 0.2) is 5.78 Å². The zero-order chi connectivity index (χ0) is 14.4. The number of hydrogen-bond acceptors (Lipinski definition) is 4. The normalized spacial score (nSPS) is 23.4. The van der Waals surface area contributed by atoms with Crippen LogP contribution in [0.25, 0.3) is 0 Å². The second-order valence-corrected chi connectivity index (χ2v) is 8.27. The number of carbonyl (C=O) groups excluding carboxylic acids is 1. The minimum atomic E-state index is 0.0830. The van der Waals surface area contributed by atoms with E-state index in [0.29, 0.717) is 11.1 Å². The summed E-state index contributed by atoms with van der Waals surface area (Å²) in [6, 6.07) is 2.21. The molecule has 1 aromatic rings. The topological polar surface area (TPSA) is 33.2 Å². The predicted octanol–water partition coefficient (Wildman–Crippen LogP) is 3.92. The largest absolute Gasteiger partial charge is 0.370 e. The molecule has 21 heavy (non-hydrogen) atoms. The van der Waals surface area contributed by atoms with E-state index in [1.165, 1.54) is 43.4 Å². The van der Waals surface area contributed by atoms with Crippen molar-refractivity contribution in [1.82, 2.24) is 4.98 Å². The number of rotatable bonds is 4. The van der Waals surface area contributed by atoms with Gasteiger partial charge in [0.05, 0.1) is 5.69 Å². The zero-order valence-corrected chi connectivity index (χ0v) is 13.4. The Morgan fingerprint density at radius 3 is 2.57 bits per heavy atom. The smallest absolute Gasteiger partial charge is 0.180 e. The standard InChI is InChI=1S/C17H22N2OS/c1-12(20)16-15(10-14(11-18-16)21-13-2-3-13)19-8-6-17(4-5-17)7-9-19/h10-11,13H,2-9H2,1H3. The molecule has 0 N–H and O–H groups in total. The van der Waals surface area contributed by atoms with Crippen molar-refractivity contribution in [3.05, 3.63) is 18.0 Å². The second-order valence-electron chi connectivity index (χ2n) is 6.90. The fourth-order valence-electron chi connectivity index (χ4n) is 3.29. The molecule has 2 heterocycles. The number of ketones is 1. The first kappa shape index (κ1) is 13.6. The van der Waals surface area contributed by atoms with Gasteiger partial charge in [-0.05, 0) is 50.0 Å². The van der Waals surface area contributed by atoms with Gasteiger partial charge in [-0.3, -0.25) is 4.79 Å². The molecule has 1 aliphatic heterocycles. The van der Waals surface area contributed by atoms with Crippen LogP contribution in [0.1, 0.15) is 55.9 Å². The van der Waals surface area contributed by atoms with Crippen molar-refractivity contribution in [3.63, 3.8) is 0 Å². The van der Waals surface area contributed by atoms with Crippen LogP contribution in [0.4, 0.5) is 5.69 Å². The molecule has 1 saturated heterocycles. The lowest BCUT2D eigenvalue weighted by Crippen LogP contribution is -2.35. The summed E-state index contributed by atoms with van der Waals surface area (Å²) in [5.74, 6) is 0.0830. The van der Waals surface area contributed by atoms with E-state index < -0.39 is 0 Å². The number of Topliss-reactive ketones (excluding diaryl/α,β-unsaturated/α-hetero) is 1. The molecular formula is C17H22N2OS. The summed E-state index contributed by atoms with van der Waals surface area (Å²) in [6.07, 6.45) is 9.91. The Labute approximate surface area is 130 Å². The Morgan fingerprint density at radius 2 is 2.00 bits per heavy atom. The van der Waals surface area contributed by atoms with E-state index in [1.807, 2.05) is 18.0 Å². The van der Waals surface area contributed by atoms with Crippen LogP contribution in [-0.2, 0) is 0 Å². The van der Waals surface area contributed by atoms with E-state index in [2.05, 4.69) is 16.0 Å². The Morgan fingerprint density at radius 1 is 1.29 bits per heavy atom. The van der Waals surface area contributed by atoms with E-state index in [9.17, 15) is 4.79 Å². The molecule has 3 fully saturated rings. The third-order valence-corrected chi connectivity index (χ3v) is 6.43. The molecule has 4 rings (SSSR count). The van der Waals surface area contributed by atoms with Crippen LogP contribution in [0.15, 0.2) is 17.2 Å². The van der Waals surface area contributed by atoms with Crippen molar-refractivity contribution >= 4 is 23.2 Å². The van der Waals surface area contributed by atoms with Crippen LogP contribution in [-0.4, -0.2) is 29.1 Å². The van der Waals surface area contributed by atoms with Gasteiger partial charge in [0.25, 0.3) is 0 Å². The van der Waals surface area contributed by atoms with Crippen molar-refractivity contribution in [2.45, 2.75) is 55.6 Å². The van der Waals surface area contributed by atoms with Gasteiger partial charge >= 0.3 is 0 Å². The predicted molar refractivity (Wildman–Crippen MR) is 86.2 cm³/mol. The van der Waals surface area contributed by atoms with Gasteiger partial charge in [-0.1, -0.05) is 0 Å². The van der Waals surface area contributed by atoms with E-state index in [0.717, 1.165) is 24.0 Å². The van der Waals surface area contributed by atoms with Crippen LogP contribution < -0.4 is 4.90 Å². The number of piperidine rings is 1. The minimum absolute atomic E-state index is 0.0830. The Kier molecular flexibility index (Phi) is 3.25. The van der Waals surface area contributed by atoms with Gasteiger partial charge in [0, 0.05) is 36.4 Å². The molecule has 0 bridgehead atoms. The summed E-state index contributed by atoms with van der Waals surface area (Å²) in [5, 5.41) is 0.777. The Balaban J connectivity index is 1.59. The number of hydrogen-bond donors (Lipinski definition) is 0. The van der Waals surface area contributed by atoms with Crippen molar-refractivity contribution in [3.8, 4) is 0 Å². The average molecular weight is 302 g/mol. The Hall–Kier alpha value is -1.03. The van der Waals surface area contributed by atoms with E-state index in [4.69, 9.17) is 0 Å². The number of aromatic nitrogens is 1. The maximum Gasteiger partial charge on any atom is 0.180 e. The molecule has 3 nitrogen and oxygen atoms in total. The lowest BCUT2D eigenvalue weighted by Gasteiger charge is -2.34. The van der Waals surface area contributed by atoms with Crippen molar-refractivity contribution in [2.75, 3.05) is 18.0 Å². The molecule has 2 saturated carbocycles. The summed E-state index contributed by atoms with van der Waals surface area (Å²) < 4.78 is 0. The lowest BCUT2D eigenvalue weighted by molar-refractivity contribution is 0.101. The first-order chi connectivity index (χ1) is 10.2. The van der Waals surface area contributed by atoms with Crippen LogP contribution in [0.2, 0.25) is 0 Å². The van der Waals surface area contributed by atoms with Crippen LogP contribution in [0.5, 0.6) is 0 Å². The second kappa shape index (κ2) is 5.01. The molecule has 0 unspecified atom stereocenters. The zero-order valence-electron chi connectivity index (χ0n) is 12.6. The molecule has 0 atom stereocenters. The minimum Gasteiger partial charge on any atom is -0.370 e. The highest BCUT2D eigenvalue weighted by Gasteiger charge is 2.44. The number of thioether (sulfide) groups is 1. The number of nitrogens with zero attached hydrogens (tertiary/aromatic N) is 2. The monoisotopic (exact) mass is 302 g/mol. The molecule has 1 spiro atoms. The summed E-state index contributed by atoms with van der Waals surface area (Å²) in [7, 11) is 0. The maximum atomic E-state index is 11.9. The van der Waals surface area contributed by atoms with Crippen LogP contribution in [0, 0.1) is 5.41 Å². The van der Waals surface area contributed by atoms with Gasteiger partial charge in [-0.15, -0.1) is 11.8 Å². The third kappa shape index (κ3) is 2.83. The quantitative estimate of drug-likeness (QED) is 0.789. The number of carbonyl (C=O) groups is 1. The van der Waals surface area contributed by atoms with E-state index in [-0.39, 0.29) is 5.78 Å². The first-order valence-electron chi connectivity index (χ1n) is 8.08. The summed E-state index contributed by atoms with van der Waals surface area (Å²) >= 11 is 1.92. The fraction of sp³-hybridized carbons (Fsp3) is 0.647. The first-order valence-corrected chi connectivity index (χ1v) is 8.96. The average Bonchev–Trinajstić information content (AvgIpc) is 3.39. The van der Waals surface area contributed by atoms with Gasteiger partial charge in [0.2, 0.25) is 0 Å². The lowest BCUT2D eigenvalue weighted by atomic mass is 9.93. The molecule has 4 heteroatoms. The van der Waals surface area contributed by atoms with E-state index >= 15 is 0 Å². The van der Waals surface area contributed by atoms with E-state index in [1.54, 1.807) is 6.92 Å². The summed E-state index contributed by atoms with van der Waals surface area (Å²) in [6.45, 7) is 3.80. The number of pyridine rings is 1. The Bertz CT molecular complexity index is 568. The number of anilines is 1. The molecule has 0 amide bonds. The molecular weight excluding hydrogens is 280 g/mol. The third-order valence-electron chi connectivity index (χ3n) is 5.12. The molecule has 0 radical (unpaired) electrons. The maximum absolute atomic E-state index is 11.9. The highest BCUT2D eigenvalue weighted by Crippen LogP contribution is 2.54. The van der Waals surface area contributed by atoms with Crippen molar-refractivity contribution < 1.29 is 4.79 Å². The summed E-state index contributed by atoms with van der Waals surface area (Å²) in [4.78, 5) is 20.0.